The number of carbonyl (C=O) groups is 1. The van der Waals surface area contributed by atoms with Gasteiger partial charge in [-0.15, -0.1) is 0 Å². The Morgan fingerprint density at radius 1 is 1.31 bits per heavy atom. The Bertz CT molecular complexity index is 513. The van der Waals surface area contributed by atoms with Crippen LogP contribution in [0.3, 0.4) is 0 Å². The highest BCUT2D eigenvalue weighted by atomic mass is 16.1. The molecule has 1 heterocycles. The largest absolute Gasteiger partial charge is 0.325 e. The Hall–Kier alpha value is -1.57. The van der Waals surface area contributed by atoms with E-state index in [4.69, 9.17) is 0 Å². The molecule has 2 heteroatoms. The third-order valence-corrected chi connectivity index (χ3v) is 2.67. The van der Waals surface area contributed by atoms with Crippen LogP contribution in [0.4, 0.5) is 0 Å². The molecule has 13 heavy (non-hydrogen) atoms. The van der Waals surface area contributed by atoms with Crippen molar-refractivity contribution in [3.63, 3.8) is 0 Å². The Labute approximate surface area is 75.6 Å². The SMILES string of the molecule is O=C1NC2=c3c1cccc3=CCC2. The van der Waals surface area contributed by atoms with Gasteiger partial charge in [0.15, 0.2) is 0 Å². The lowest BCUT2D eigenvalue weighted by Crippen LogP contribution is -2.30. The van der Waals surface area contributed by atoms with E-state index in [1.807, 2.05) is 12.1 Å². The van der Waals surface area contributed by atoms with Crippen molar-refractivity contribution < 1.29 is 4.79 Å². The monoisotopic (exact) mass is 171 g/mol. The zero-order chi connectivity index (χ0) is 8.84. The summed E-state index contributed by atoms with van der Waals surface area (Å²) in [5.41, 5.74) is 1.95. The summed E-state index contributed by atoms with van der Waals surface area (Å²) in [5, 5.41) is 5.26. The predicted octanol–water partition coefficient (Wildman–Crippen LogP) is 0.112. The first kappa shape index (κ1) is 6.89. The lowest BCUT2D eigenvalue weighted by Gasteiger charge is -2.03. The van der Waals surface area contributed by atoms with Crippen LogP contribution in [-0.4, -0.2) is 5.91 Å². The van der Waals surface area contributed by atoms with Gasteiger partial charge in [0, 0.05) is 16.5 Å². The lowest BCUT2D eigenvalue weighted by molar-refractivity contribution is 0.0978. The minimum absolute atomic E-state index is 0.0575. The molecule has 1 aliphatic carbocycles. The quantitative estimate of drug-likeness (QED) is 0.590. The van der Waals surface area contributed by atoms with E-state index in [0.29, 0.717) is 0 Å². The van der Waals surface area contributed by atoms with Crippen LogP contribution in [0.15, 0.2) is 18.2 Å². The second kappa shape index (κ2) is 2.22. The van der Waals surface area contributed by atoms with Gasteiger partial charge in [-0.3, -0.25) is 4.79 Å². The maximum absolute atomic E-state index is 11.5. The summed E-state index contributed by atoms with van der Waals surface area (Å²) < 4.78 is 0. The summed E-state index contributed by atoms with van der Waals surface area (Å²) >= 11 is 0. The molecule has 0 bridgehead atoms. The lowest BCUT2D eigenvalue weighted by atomic mass is 10.0. The van der Waals surface area contributed by atoms with Crippen molar-refractivity contribution >= 4 is 17.7 Å². The van der Waals surface area contributed by atoms with Crippen LogP contribution in [0.2, 0.25) is 0 Å². The van der Waals surface area contributed by atoms with Crippen molar-refractivity contribution in [2.75, 3.05) is 0 Å². The molecule has 0 atom stereocenters. The van der Waals surface area contributed by atoms with Gasteiger partial charge in [-0.2, -0.15) is 0 Å². The smallest absolute Gasteiger partial charge is 0.256 e. The van der Waals surface area contributed by atoms with E-state index in [2.05, 4.69) is 17.5 Å². The third kappa shape index (κ3) is 0.800. The summed E-state index contributed by atoms with van der Waals surface area (Å²) in [5.74, 6) is 0.0575. The molecule has 64 valence electrons. The first-order valence-corrected chi connectivity index (χ1v) is 4.50. The molecule has 0 radical (unpaired) electrons. The number of carbonyl (C=O) groups excluding carboxylic acids is 1. The normalized spacial score (nSPS) is 17.8. The topological polar surface area (TPSA) is 29.1 Å². The molecular weight excluding hydrogens is 162 g/mol. The number of rotatable bonds is 0. The highest BCUT2D eigenvalue weighted by Gasteiger charge is 2.20. The van der Waals surface area contributed by atoms with Crippen molar-refractivity contribution in [3.8, 4) is 0 Å². The van der Waals surface area contributed by atoms with E-state index < -0.39 is 0 Å². The molecule has 0 saturated carbocycles. The molecule has 1 amide bonds. The van der Waals surface area contributed by atoms with Crippen LogP contribution in [0, 0.1) is 0 Å². The molecule has 3 rings (SSSR count). The van der Waals surface area contributed by atoms with Crippen molar-refractivity contribution in [3.05, 3.63) is 34.2 Å². The summed E-state index contributed by atoms with van der Waals surface area (Å²) in [7, 11) is 0. The second-order valence-corrected chi connectivity index (χ2v) is 3.45. The number of hydrogen-bond acceptors (Lipinski definition) is 1. The number of benzene rings is 1. The highest BCUT2D eigenvalue weighted by molar-refractivity contribution is 6.02. The molecule has 2 aliphatic rings. The average Bonchev–Trinajstić information content (AvgIpc) is 2.47. The molecule has 2 nitrogen and oxygen atoms in total. The Balaban J connectivity index is 2.55. The minimum atomic E-state index is 0.0575. The second-order valence-electron chi connectivity index (χ2n) is 3.45. The van der Waals surface area contributed by atoms with Gasteiger partial charge in [-0.05, 0) is 24.1 Å². The third-order valence-electron chi connectivity index (χ3n) is 2.67. The van der Waals surface area contributed by atoms with E-state index >= 15 is 0 Å². The molecule has 1 N–H and O–H groups in total. The van der Waals surface area contributed by atoms with Crippen LogP contribution in [0.1, 0.15) is 23.2 Å². The van der Waals surface area contributed by atoms with E-state index in [9.17, 15) is 4.79 Å². The van der Waals surface area contributed by atoms with Crippen molar-refractivity contribution in [2.24, 2.45) is 0 Å². The van der Waals surface area contributed by atoms with Crippen LogP contribution < -0.4 is 15.8 Å². The Kier molecular flexibility index (Phi) is 1.18. The van der Waals surface area contributed by atoms with Gasteiger partial charge in [0.25, 0.3) is 5.91 Å². The standard InChI is InChI=1S/C11H9NO/c13-11-8-5-1-3-7-4-2-6-9(12-11)10(7)8/h1,3-5H,2,6H2,(H,12,13). The summed E-state index contributed by atoms with van der Waals surface area (Å²) in [6.45, 7) is 0. The van der Waals surface area contributed by atoms with Gasteiger partial charge in [-0.25, -0.2) is 0 Å². The predicted molar refractivity (Wildman–Crippen MR) is 50.3 cm³/mol. The molecule has 1 aromatic carbocycles. The minimum Gasteiger partial charge on any atom is -0.325 e. The van der Waals surface area contributed by atoms with Crippen LogP contribution in [0.5, 0.6) is 0 Å². The fraction of sp³-hybridized carbons (Fsp3) is 0.182. The zero-order valence-corrected chi connectivity index (χ0v) is 7.13. The summed E-state index contributed by atoms with van der Waals surface area (Å²) in [4.78, 5) is 11.5. The van der Waals surface area contributed by atoms with Crippen molar-refractivity contribution in [1.82, 2.24) is 5.32 Å². The van der Waals surface area contributed by atoms with Crippen molar-refractivity contribution in [2.45, 2.75) is 12.8 Å². The fourth-order valence-electron chi connectivity index (χ4n) is 2.09. The zero-order valence-electron chi connectivity index (χ0n) is 7.13. The van der Waals surface area contributed by atoms with Gasteiger partial charge >= 0.3 is 0 Å². The molecule has 1 aromatic rings. The molecule has 0 spiro atoms. The number of hydrogen-bond donors (Lipinski definition) is 1. The summed E-state index contributed by atoms with van der Waals surface area (Å²) in [6.07, 6.45) is 4.20. The number of nitrogens with one attached hydrogen (secondary N) is 1. The van der Waals surface area contributed by atoms with Crippen LogP contribution >= 0.6 is 0 Å². The molecule has 0 fully saturated rings. The Morgan fingerprint density at radius 2 is 2.23 bits per heavy atom. The highest BCUT2D eigenvalue weighted by Crippen LogP contribution is 2.11. The van der Waals surface area contributed by atoms with Gasteiger partial charge in [-0.1, -0.05) is 18.2 Å². The molecule has 0 unspecified atom stereocenters. The van der Waals surface area contributed by atoms with Gasteiger partial charge in [0.2, 0.25) is 0 Å². The maximum atomic E-state index is 11.5. The maximum Gasteiger partial charge on any atom is 0.256 e. The molecule has 1 aliphatic heterocycles. The molecule has 0 aromatic heterocycles. The summed E-state index contributed by atoms with van der Waals surface area (Å²) in [6, 6.07) is 5.90. The van der Waals surface area contributed by atoms with E-state index in [1.165, 1.54) is 5.22 Å². The number of amides is 1. The van der Waals surface area contributed by atoms with Gasteiger partial charge in [0.1, 0.15) is 0 Å². The molecule has 0 saturated heterocycles. The van der Waals surface area contributed by atoms with Crippen molar-refractivity contribution in [1.29, 1.82) is 0 Å². The Morgan fingerprint density at radius 3 is 3.15 bits per heavy atom. The van der Waals surface area contributed by atoms with Crippen LogP contribution in [0.25, 0.3) is 11.8 Å². The van der Waals surface area contributed by atoms with E-state index in [-0.39, 0.29) is 5.91 Å². The fourth-order valence-corrected chi connectivity index (χ4v) is 2.09. The van der Waals surface area contributed by atoms with Gasteiger partial charge in [0.05, 0.1) is 0 Å². The first-order valence-electron chi connectivity index (χ1n) is 4.50. The average molecular weight is 171 g/mol. The van der Waals surface area contributed by atoms with E-state index in [0.717, 1.165) is 29.3 Å². The molecular formula is C11H9NO. The van der Waals surface area contributed by atoms with Crippen LogP contribution in [-0.2, 0) is 0 Å². The van der Waals surface area contributed by atoms with E-state index in [1.54, 1.807) is 0 Å². The first-order chi connectivity index (χ1) is 6.36. The van der Waals surface area contributed by atoms with Gasteiger partial charge < -0.3 is 5.32 Å².